The van der Waals surface area contributed by atoms with Crippen LogP contribution in [-0.2, 0) is 9.59 Å². The van der Waals surface area contributed by atoms with Gasteiger partial charge in [0.05, 0.1) is 24.0 Å². The van der Waals surface area contributed by atoms with Gasteiger partial charge in [-0.1, -0.05) is 23.7 Å². The van der Waals surface area contributed by atoms with E-state index in [0.29, 0.717) is 27.7 Å². The van der Waals surface area contributed by atoms with Gasteiger partial charge >= 0.3 is 0 Å². The van der Waals surface area contributed by atoms with Crippen molar-refractivity contribution in [1.82, 2.24) is 4.90 Å². The Morgan fingerprint density at radius 2 is 1.94 bits per heavy atom. The average Bonchev–Trinajstić information content (AvgIpc) is 3.08. The molecule has 1 atom stereocenters. The lowest BCUT2D eigenvalue weighted by Gasteiger charge is -2.50. The SMILES string of the molecule is COc1cc(Cl)c(C)cc1NC(=O)[C@]12CCC(=O)N1c1ccccc1C(=O)N2C(C)C. The molecule has 4 rings (SSSR count). The molecule has 1 saturated heterocycles. The summed E-state index contributed by atoms with van der Waals surface area (Å²) >= 11 is 6.20. The molecule has 31 heavy (non-hydrogen) atoms. The molecule has 2 aliphatic rings. The maximum atomic E-state index is 13.9. The number of hydrogen-bond acceptors (Lipinski definition) is 4. The summed E-state index contributed by atoms with van der Waals surface area (Å²) in [5.74, 6) is -0.532. The molecule has 1 N–H and O–H groups in total. The number of carbonyl (C=O) groups excluding carboxylic acids is 3. The number of nitrogens with zero attached hydrogens (tertiary/aromatic N) is 2. The van der Waals surface area contributed by atoms with E-state index in [0.717, 1.165) is 5.56 Å². The second-order valence-corrected chi connectivity index (χ2v) is 8.49. The van der Waals surface area contributed by atoms with E-state index in [1.165, 1.54) is 16.9 Å². The number of fused-ring (bicyclic) bond motifs is 3. The van der Waals surface area contributed by atoms with Crippen LogP contribution in [0.4, 0.5) is 11.4 Å². The number of halogens is 1. The summed E-state index contributed by atoms with van der Waals surface area (Å²) in [7, 11) is 1.49. The normalized spacial score (nSPS) is 20.1. The number of nitrogens with one attached hydrogen (secondary N) is 1. The van der Waals surface area contributed by atoms with Gasteiger partial charge in [0.1, 0.15) is 5.75 Å². The minimum absolute atomic E-state index is 0.162. The predicted octanol–water partition coefficient (Wildman–Crippen LogP) is 3.98. The summed E-state index contributed by atoms with van der Waals surface area (Å²) in [5.41, 5.74) is 0.601. The molecule has 7 nitrogen and oxygen atoms in total. The molecule has 0 saturated carbocycles. The van der Waals surface area contributed by atoms with Gasteiger partial charge in [-0.15, -0.1) is 0 Å². The highest BCUT2D eigenvalue weighted by Gasteiger charge is 2.61. The number of para-hydroxylation sites is 1. The van der Waals surface area contributed by atoms with Crippen molar-refractivity contribution in [1.29, 1.82) is 0 Å². The molecule has 0 aromatic heterocycles. The number of methoxy groups -OCH3 is 1. The molecule has 2 heterocycles. The standard InChI is InChI=1S/C23H24ClN3O4/c1-13(2)26-21(29)15-7-5-6-8-18(15)27-20(28)9-10-23(26,27)22(30)25-17-11-14(3)16(24)12-19(17)31-4/h5-8,11-13H,9-10H2,1-4H3,(H,25,30)/t23-/m0/s1. The van der Waals surface area contributed by atoms with Gasteiger partial charge in [-0.05, 0) is 44.5 Å². The monoisotopic (exact) mass is 441 g/mol. The van der Waals surface area contributed by atoms with E-state index in [1.807, 2.05) is 20.8 Å². The third-order valence-corrected chi connectivity index (χ3v) is 6.32. The lowest BCUT2D eigenvalue weighted by atomic mass is 9.93. The first-order chi connectivity index (χ1) is 14.7. The molecule has 162 valence electrons. The number of amides is 3. The Morgan fingerprint density at radius 1 is 1.23 bits per heavy atom. The van der Waals surface area contributed by atoms with E-state index in [9.17, 15) is 14.4 Å². The zero-order valence-corrected chi connectivity index (χ0v) is 18.6. The van der Waals surface area contributed by atoms with Crippen molar-refractivity contribution in [3.63, 3.8) is 0 Å². The second kappa shape index (κ2) is 7.57. The maximum Gasteiger partial charge on any atom is 0.271 e. The number of ether oxygens (including phenoxy) is 1. The molecule has 2 aliphatic heterocycles. The second-order valence-electron chi connectivity index (χ2n) is 8.09. The van der Waals surface area contributed by atoms with E-state index < -0.39 is 11.6 Å². The molecular formula is C23H24ClN3O4. The van der Waals surface area contributed by atoms with Gasteiger partial charge in [0.25, 0.3) is 11.8 Å². The summed E-state index contributed by atoms with van der Waals surface area (Å²) in [6.07, 6.45) is 0.361. The number of carbonyl (C=O) groups is 3. The van der Waals surface area contributed by atoms with E-state index in [1.54, 1.807) is 36.4 Å². The van der Waals surface area contributed by atoms with Crippen LogP contribution in [0.15, 0.2) is 36.4 Å². The van der Waals surface area contributed by atoms with Gasteiger partial charge < -0.3 is 15.0 Å². The van der Waals surface area contributed by atoms with Gasteiger partial charge in [0.15, 0.2) is 0 Å². The average molecular weight is 442 g/mol. The number of anilines is 2. The highest BCUT2D eigenvalue weighted by molar-refractivity contribution is 6.31. The van der Waals surface area contributed by atoms with Crippen molar-refractivity contribution >= 4 is 40.7 Å². The van der Waals surface area contributed by atoms with Crippen LogP contribution < -0.4 is 15.0 Å². The zero-order valence-electron chi connectivity index (χ0n) is 17.9. The van der Waals surface area contributed by atoms with Crippen LogP contribution in [0.1, 0.15) is 42.6 Å². The number of aryl methyl sites for hydroxylation is 1. The fraction of sp³-hybridized carbons (Fsp3) is 0.348. The molecular weight excluding hydrogens is 418 g/mol. The molecule has 0 aliphatic carbocycles. The smallest absolute Gasteiger partial charge is 0.271 e. The lowest BCUT2D eigenvalue weighted by molar-refractivity contribution is -0.129. The third-order valence-electron chi connectivity index (χ3n) is 5.91. The molecule has 2 aromatic rings. The van der Waals surface area contributed by atoms with Crippen LogP contribution in [0.3, 0.4) is 0 Å². The van der Waals surface area contributed by atoms with Gasteiger partial charge in [-0.2, -0.15) is 0 Å². The molecule has 0 bridgehead atoms. The van der Waals surface area contributed by atoms with Crippen LogP contribution >= 0.6 is 11.6 Å². The van der Waals surface area contributed by atoms with E-state index in [-0.39, 0.29) is 30.7 Å². The first kappa shape index (κ1) is 21.2. The Balaban J connectivity index is 1.87. The topological polar surface area (TPSA) is 79.0 Å². The van der Waals surface area contributed by atoms with E-state index in [4.69, 9.17) is 16.3 Å². The zero-order chi connectivity index (χ0) is 22.5. The van der Waals surface area contributed by atoms with Crippen molar-refractivity contribution < 1.29 is 19.1 Å². The minimum Gasteiger partial charge on any atom is -0.495 e. The van der Waals surface area contributed by atoms with Gasteiger partial charge in [0.2, 0.25) is 11.6 Å². The molecule has 2 aromatic carbocycles. The molecule has 3 amide bonds. The van der Waals surface area contributed by atoms with Gasteiger partial charge in [-0.25, -0.2) is 0 Å². The van der Waals surface area contributed by atoms with E-state index >= 15 is 0 Å². The highest BCUT2D eigenvalue weighted by Crippen LogP contribution is 2.46. The summed E-state index contributed by atoms with van der Waals surface area (Å²) in [6, 6.07) is 9.95. The molecule has 0 unspecified atom stereocenters. The molecule has 8 heteroatoms. The fourth-order valence-corrected chi connectivity index (χ4v) is 4.71. The Labute approximate surface area is 185 Å². The first-order valence-corrected chi connectivity index (χ1v) is 10.5. The van der Waals surface area contributed by atoms with Crippen molar-refractivity contribution in [2.45, 2.75) is 45.3 Å². The van der Waals surface area contributed by atoms with Crippen molar-refractivity contribution in [3.05, 3.63) is 52.5 Å². The number of benzene rings is 2. The Kier molecular flexibility index (Phi) is 5.17. The summed E-state index contributed by atoms with van der Waals surface area (Å²) in [4.78, 5) is 43.3. The Morgan fingerprint density at radius 3 is 2.61 bits per heavy atom. The van der Waals surface area contributed by atoms with Crippen LogP contribution in [0.2, 0.25) is 5.02 Å². The summed E-state index contributed by atoms with van der Waals surface area (Å²) < 4.78 is 5.39. The molecule has 0 radical (unpaired) electrons. The first-order valence-electron chi connectivity index (χ1n) is 10.1. The van der Waals surface area contributed by atoms with Crippen LogP contribution in [0.5, 0.6) is 5.75 Å². The Bertz CT molecular complexity index is 1100. The van der Waals surface area contributed by atoms with Crippen molar-refractivity contribution in [2.75, 3.05) is 17.3 Å². The van der Waals surface area contributed by atoms with Crippen LogP contribution in [0.25, 0.3) is 0 Å². The van der Waals surface area contributed by atoms with Gasteiger partial charge in [0, 0.05) is 30.0 Å². The fourth-order valence-electron chi connectivity index (χ4n) is 4.56. The largest absolute Gasteiger partial charge is 0.495 e. The quantitative estimate of drug-likeness (QED) is 0.778. The van der Waals surface area contributed by atoms with E-state index in [2.05, 4.69) is 5.32 Å². The molecule has 1 fully saturated rings. The van der Waals surface area contributed by atoms with Crippen molar-refractivity contribution in [3.8, 4) is 5.75 Å². The minimum atomic E-state index is -1.46. The third kappa shape index (κ3) is 3.07. The highest BCUT2D eigenvalue weighted by atomic mass is 35.5. The van der Waals surface area contributed by atoms with Crippen LogP contribution in [0, 0.1) is 6.92 Å². The summed E-state index contributed by atoms with van der Waals surface area (Å²) in [6.45, 7) is 5.51. The molecule has 0 spiro atoms. The number of hydrogen-bond donors (Lipinski definition) is 1. The summed E-state index contributed by atoms with van der Waals surface area (Å²) in [5, 5.41) is 3.42. The Hall–Kier alpha value is -3.06. The maximum absolute atomic E-state index is 13.9. The van der Waals surface area contributed by atoms with Crippen LogP contribution in [-0.4, -0.2) is 41.4 Å². The lowest BCUT2D eigenvalue weighted by Crippen LogP contribution is -2.70. The van der Waals surface area contributed by atoms with Gasteiger partial charge in [-0.3, -0.25) is 19.3 Å². The van der Waals surface area contributed by atoms with Crippen molar-refractivity contribution in [2.24, 2.45) is 0 Å². The number of rotatable bonds is 4. The predicted molar refractivity (Wildman–Crippen MR) is 119 cm³/mol.